The zero-order valence-corrected chi connectivity index (χ0v) is 12.1. The number of carbonyl (C=O) groups excluding carboxylic acids is 2. The lowest BCUT2D eigenvalue weighted by Crippen LogP contribution is -2.44. The van der Waals surface area contributed by atoms with Gasteiger partial charge in [0, 0.05) is 5.25 Å². The highest BCUT2D eigenvalue weighted by Gasteiger charge is 2.29. The number of nitrogens with one attached hydrogen (secondary N) is 1. The number of hydrogen-bond donors (Lipinski definition) is 2. The number of aliphatic hydroxyl groups excluding tert-OH is 1. The Hall–Kier alpha value is -0.800. The maximum absolute atomic E-state index is 11.6. The number of carbonyl (C=O) groups is 2. The standard InChI is InChI=1S/C10H17NO6S2/c1-17-10(14)8(4-12)11-9(13)5-18-7-2-3-19(15,16)6-7/h7-8,12H,2-6H2,1H3,(H,11,13). The lowest BCUT2D eigenvalue weighted by Gasteiger charge is -2.14. The van der Waals surface area contributed by atoms with Gasteiger partial charge < -0.3 is 15.2 Å². The summed E-state index contributed by atoms with van der Waals surface area (Å²) in [5.41, 5.74) is 0. The summed E-state index contributed by atoms with van der Waals surface area (Å²) in [5.74, 6) is -0.852. The van der Waals surface area contributed by atoms with Crippen molar-refractivity contribution < 1.29 is 27.9 Å². The number of esters is 1. The minimum Gasteiger partial charge on any atom is -0.467 e. The number of aliphatic hydroxyl groups is 1. The van der Waals surface area contributed by atoms with Crippen LogP contribution in [0.3, 0.4) is 0 Å². The second-order valence-electron chi connectivity index (χ2n) is 4.16. The third kappa shape index (κ3) is 5.37. The van der Waals surface area contributed by atoms with Gasteiger partial charge in [0.2, 0.25) is 5.91 Å². The van der Waals surface area contributed by atoms with Crippen molar-refractivity contribution in [1.82, 2.24) is 5.32 Å². The van der Waals surface area contributed by atoms with Crippen LogP contribution in [0, 0.1) is 0 Å². The van der Waals surface area contributed by atoms with Gasteiger partial charge in [-0.15, -0.1) is 11.8 Å². The predicted molar refractivity (Wildman–Crippen MR) is 70.5 cm³/mol. The van der Waals surface area contributed by atoms with E-state index in [1.54, 1.807) is 0 Å². The number of thioether (sulfide) groups is 1. The summed E-state index contributed by atoms with van der Waals surface area (Å²) in [6, 6.07) is -1.08. The molecule has 0 aromatic carbocycles. The van der Waals surface area contributed by atoms with E-state index in [1.807, 2.05) is 0 Å². The van der Waals surface area contributed by atoms with Gasteiger partial charge in [-0.25, -0.2) is 13.2 Å². The molecule has 2 N–H and O–H groups in total. The maximum Gasteiger partial charge on any atom is 0.330 e. The topological polar surface area (TPSA) is 110 Å². The highest BCUT2D eigenvalue weighted by molar-refractivity contribution is 8.02. The SMILES string of the molecule is COC(=O)C(CO)NC(=O)CSC1CCS(=O)(=O)C1. The first kappa shape index (κ1) is 16.3. The third-order valence-corrected chi connectivity index (χ3v) is 5.93. The van der Waals surface area contributed by atoms with E-state index >= 15 is 0 Å². The minimum atomic E-state index is -2.96. The molecular weight excluding hydrogens is 294 g/mol. The van der Waals surface area contributed by atoms with Crippen LogP contribution in [-0.4, -0.2) is 67.7 Å². The van der Waals surface area contributed by atoms with Crippen LogP contribution in [0.4, 0.5) is 0 Å². The Morgan fingerprint density at radius 1 is 1.53 bits per heavy atom. The number of ether oxygens (including phenoxy) is 1. The van der Waals surface area contributed by atoms with Crippen LogP contribution in [0.15, 0.2) is 0 Å². The quantitative estimate of drug-likeness (QED) is 0.578. The monoisotopic (exact) mass is 311 g/mol. The van der Waals surface area contributed by atoms with E-state index in [0.29, 0.717) is 6.42 Å². The second-order valence-corrected chi connectivity index (χ2v) is 7.68. The van der Waals surface area contributed by atoms with Crippen LogP contribution in [-0.2, 0) is 24.2 Å². The summed E-state index contributed by atoms with van der Waals surface area (Å²) in [7, 11) is -1.79. The number of hydrogen-bond acceptors (Lipinski definition) is 7. The van der Waals surface area contributed by atoms with Gasteiger partial charge in [0.1, 0.15) is 0 Å². The van der Waals surface area contributed by atoms with Crippen molar-refractivity contribution in [3.8, 4) is 0 Å². The molecule has 2 unspecified atom stereocenters. The Bertz CT molecular complexity index is 435. The first-order valence-electron chi connectivity index (χ1n) is 5.68. The van der Waals surface area contributed by atoms with E-state index in [-0.39, 0.29) is 22.5 Å². The molecule has 0 aromatic rings. The summed E-state index contributed by atoms with van der Waals surface area (Å²) >= 11 is 1.24. The fraction of sp³-hybridized carbons (Fsp3) is 0.800. The summed E-state index contributed by atoms with van der Waals surface area (Å²) in [6.07, 6.45) is 0.542. The van der Waals surface area contributed by atoms with E-state index in [2.05, 4.69) is 10.1 Å². The van der Waals surface area contributed by atoms with E-state index in [4.69, 9.17) is 5.11 Å². The number of sulfone groups is 1. The molecule has 1 saturated heterocycles. The molecule has 1 fully saturated rings. The van der Waals surface area contributed by atoms with Gasteiger partial charge in [-0.1, -0.05) is 0 Å². The molecule has 110 valence electrons. The van der Waals surface area contributed by atoms with E-state index < -0.39 is 34.4 Å². The summed E-state index contributed by atoms with van der Waals surface area (Å²) in [4.78, 5) is 22.7. The lowest BCUT2D eigenvalue weighted by molar-refractivity contribution is -0.145. The summed E-state index contributed by atoms with van der Waals surface area (Å²) in [5, 5.41) is 11.2. The van der Waals surface area contributed by atoms with Crippen molar-refractivity contribution in [2.24, 2.45) is 0 Å². The number of rotatable bonds is 6. The maximum atomic E-state index is 11.6. The average molecular weight is 311 g/mol. The fourth-order valence-corrected chi connectivity index (χ4v) is 5.10. The molecule has 0 saturated carbocycles. The Labute approximate surface area is 116 Å². The average Bonchev–Trinajstić information content (AvgIpc) is 2.72. The molecule has 9 heteroatoms. The number of methoxy groups -OCH3 is 1. The van der Waals surface area contributed by atoms with E-state index in [9.17, 15) is 18.0 Å². The normalized spacial score (nSPS) is 22.7. The zero-order valence-electron chi connectivity index (χ0n) is 10.5. The van der Waals surface area contributed by atoms with E-state index in [0.717, 1.165) is 7.11 Å². The van der Waals surface area contributed by atoms with Crippen molar-refractivity contribution in [3.63, 3.8) is 0 Å². The van der Waals surface area contributed by atoms with Crippen LogP contribution in [0.5, 0.6) is 0 Å². The van der Waals surface area contributed by atoms with Crippen molar-refractivity contribution in [1.29, 1.82) is 0 Å². The molecule has 1 aliphatic rings. The largest absolute Gasteiger partial charge is 0.467 e. The first-order valence-corrected chi connectivity index (χ1v) is 8.55. The Balaban J connectivity index is 2.34. The minimum absolute atomic E-state index is 0.0493. The highest BCUT2D eigenvalue weighted by atomic mass is 32.2. The van der Waals surface area contributed by atoms with Gasteiger partial charge in [0.25, 0.3) is 0 Å². The molecule has 0 bridgehead atoms. The molecule has 0 spiro atoms. The van der Waals surface area contributed by atoms with Gasteiger partial charge in [-0.3, -0.25) is 4.79 Å². The van der Waals surface area contributed by atoms with Crippen molar-refractivity contribution in [3.05, 3.63) is 0 Å². The molecule has 1 rings (SSSR count). The second kappa shape index (κ2) is 7.11. The van der Waals surface area contributed by atoms with Gasteiger partial charge in [-0.2, -0.15) is 0 Å². The summed E-state index contributed by atoms with van der Waals surface area (Å²) < 4.78 is 26.9. The Morgan fingerprint density at radius 3 is 2.68 bits per heavy atom. The molecule has 2 atom stereocenters. The lowest BCUT2D eigenvalue weighted by atomic mass is 10.3. The fourth-order valence-electron chi connectivity index (χ4n) is 1.64. The molecule has 0 radical (unpaired) electrons. The van der Waals surface area contributed by atoms with Gasteiger partial charge in [-0.05, 0) is 6.42 Å². The van der Waals surface area contributed by atoms with Gasteiger partial charge >= 0.3 is 5.97 Å². The van der Waals surface area contributed by atoms with Gasteiger partial charge in [0.05, 0.1) is 31.0 Å². The predicted octanol–water partition coefficient (Wildman–Crippen LogP) is -1.44. The highest BCUT2D eigenvalue weighted by Crippen LogP contribution is 2.23. The van der Waals surface area contributed by atoms with Crippen molar-refractivity contribution >= 4 is 33.5 Å². The van der Waals surface area contributed by atoms with Gasteiger partial charge in [0.15, 0.2) is 15.9 Å². The van der Waals surface area contributed by atoms with Crippen LogP contribution in [0.25, 0.3) is 0 Å². The summed E-state index contributed by atoms with van der Waals surface area (Å²) in [6.45, 7) is -0.541. The number of amides is 1. The zero-order chi connectivity index (χ0) is 14.5. The molecule has 7 nitrogen and oxygen atoms in total. The van der Waals surface area contributed by atoms with Crippen molar-refractivity contribution in [2.45, 2.75) is 17.7 Å². The molecule has 19 heavy (non-hydrogen) atoms. The molecule has 1 amide bonds. The first-order chi connectivity index (χ1) is 8.88. The van der Waals surface area contributed by atoms with Crippen LogP contribution in [0.2, 0.25) is 0 Å². The molecule has 1 heterocycles. The molecule has 0 aliphatic carbocycles. The molecule has 1 aliphatic heterocycles. The molecular formula is C10H17NO6S2. The Kier molecular flexibility index (Phi) is 6.08. The Morgan fingerprint density at radius 2 is 2.21 bits per heavy atom. The molecule has 0 aromatic heterocycles. The van der Waals surface area contributed by atoms with E-state index in [1.165, 1.54) is 11.8 Å². The van der Waals surface area contributed by atoms with Crippen molar-refractivity contribution in [2.75, 3.05) is 31.0 Å². The van der Waals surface area contributed by atoms with Crippen LogP contribution < -0.4 is 5.32 Å². The van der Waals surface area contributed by atoms with Crippen LogP contribution in [0.1, 0.15) is 6.42 Å². The smallest absolute Gasteiger partial charge is 0.330 e. The van der Waals surface area contributed by atoms with Crippen LogP contribution >= 0.6 is 11.8 Å². The third-order valence-electron chi connectivity index (χ3n) is 2.64.